The lowest BCUT2D eigenvalue weighted by atomic mass is 10.1. The Kier molecular flexibility index (Phi) is 9.14. The highest BCUT2D eigenvalue weighted by atomic mass is 31.2. The summed E-state index contributed by atoms with van der Waals surface area (Å²) in [4.78, 5) is 44.8. The Bertz CT molecular complexity index is 531. The van der Waals surface area contributed by atoms with Crippen molar-refractivity contribution in [2.45, 2.75) is 24.7 Å². The molecule has 0 aliphatic carbocycles. The van der Waals surface area contributed by atoms with Crippen LogP contribution in [0, 0.1) is 0 Å². The van der Waals surface area contributed by atoms with Gasteiger partial charge < -0.3 is 35.6 Å². The van der Waals surface area contributed by atoms with E-state index in [1.165, 1.54) is 0 Å². The first-order valence-corrected chi connectivity index (χ1v) is 8.17. The highest BCUT2D eigenvalue weighted by Crippen LogP contribution is 2.50. The molecule has 2 atom stereocenters. The van der Waals surface area contributed by atoms with Crippen molar-refractivity contribution in [3.8, 4) is 0 Å². The monoisotopic (exact) mass is 369 g/mol. The molecule has 0 radical (unpaired) electrons. The number of carbonyl (C=O) groups is 4. The molecule has 0 bridgehead atoms. The van der Waals surface area contributed by atoms with E-state index < -0.39 is 49.7 Å². The molecule has 0 aliphatic rings. The Hall–Kier alpha value is -2.01. The third-order valence-electron chi connectivity index (χ3n) is 2.78. The summed E-state index contributed by atoms with van der Waals surface area (Å²) in [5.41, 5.74) is 5.25. The van der Waals surface area contributed by atoms with Crippen LogP contribution in [0.15, 0.2) is 0 Å². The highest BCUT2D eigenvalue weighted by molar-refractivity contribution is 7.55. The van der Waals surface area contributed by atoms with E-state index in [0.717, 1.165) is 14.2 Å². The molecule has 0 heterocycles. The number of carbonyl (C=O) groups excluding carboxylic acids is 2. The summed E-state index contributed by atoms with van der Waals surface area (Å²) in [6.07, 6.45) is -0.599. The molecule has 0 aliphatic heterocycles. The molecule has 0 aromatic rings. The van der Waals surface area contributed by atoms with Gasteiger partial charge in [0.1, 0.15) is 12.6 Å². The van der Waals surface area contributed by atoms with E-state index in [1.807, 2.05) is 5.32 Å². The maximum atomic E-state index is 12.3. The molecule has 0 spiro atoms. The van der Waals surface area contributed by atoms with E-state index >= 15 is 0 Å². The molecule has 24 heavy (non-hydrogen) atoms. The molecule has 0 rings (SSSR count). The number of carboxylic acids is 2. The largest absolute Gasteiger partial charge is 0.480 e. The van der Waals surface area contributed by atoms with Crippen LogP contribution in [-0.4, -0.2) is 66.6 Å². The molecular weight excluding hydrogens is 349 g/mol. The van der Waals surface area contributed by atoms with Crippen molar-refractivity contribution >= 4 is 31.3 Å². The van der Waals surface area contributed by atoms with Gasteiger partial charge in [0, 0.05) is 20.6 Å². The van der Waals surface area contributed by atoms with Gasteiger partial charge in [-0.3, -0.25) is 23.7 Å². The third kappa shape index (κ3) is 7.04. The SMILES string of the molecule is COP(=O)(OC)[C@H](NC(=O)CC[C@H](N)C(=O)O)C(=O)NCC(=O)O. The maximum Gasteiger partial charge on any atom is 0.361 e. The van der Waals surface area contributed by atoms with Crippen LogP contribution in [0.25, 0.3) is 0 Å². The summed E-state index contributed by atoms with van der Waals surface area (Å²) < 4.78 is 21.6. The van der Waals surface area contributed by atoms with Gasteiger partial charge in [0.15, 0.2) is 0 Å². The molecule has 2 amide bonds. The summed E-state index contributed by atoms with van der Waals surface area (Å²) >= 11 is 0. The zero-order valence-electron chi connectivity index (χ0n) is 13.1. The van der Waals surface area contributed by atoms with Gasteiger partial charge in [0.2, 0.25) is 11.7 Å². The van der Waals surface area contributed by atoms with Crippen molar-refractivity contribution < 1.29 is 43.0 Å². The predicted octanol–water partition coefficient (Wildman–Crippen LogP) is -1.69. The van der Waals surface area contributed by atoms with Gasteiger partial charge in [-0.15, -0.1) is 0 Å². The lowest BCUT2D eigenvalue weighted by molar-refractivity contribution is -0.139. The Morgan fingerprint density at radius 2 is 1.71 bits per heavy atom. The molecule has 0 saturated carbocycles. The fourth-order valence-electron chi connectivity index (χ4n) is 1.47. The van der Waals surface area contributed by atoms with E-state index in [-0.39, 0.29) is 12.8 Å². The average molecular weight is 369 g/mol. The molecule has 12 nitrogen and oxygen atoms in total. The first-order chi connectivity index (χ1) is 11.1. The fraction of sp³-hybridized carbons (Fsp3) is 0.636. The second-order valence-electron chi connectivity index (χ2n) is 4.47. The molecule has 0 unspecified atom stereocenters. The average Bonchev–Trinajstić information content (AvgIpc) is 2.54. The van der Waals surface area contributed by atoms with Gasteiger partial charge in [-0.1, -0.05) is 0 Å². The fourth-order valence-corrected chi connectivity index (χ4v) is 2.72. The van der Waals surface area contributed by atoms with Gasteiger partial charge in [-0.2, -0.15) is 0 Å². The zero-order chi connectivity index (χ0) is 18.9. The van der Waals surface area contributed by atoms with Crippen molar-refractivity contribution in [1.29, 1.82) is 0 Å². The molecule has 13 heteroatoms. The van der Waals surface area contributed by atoms with E-state index in [9.17, 15) is 23.7 Å². The minimum atomic E-state index is -4.11. The minimum absolute atomic E-state index is 0.227. The number of rotatable bonds is 11. The van der Waals surface area contributed by atoms with Crippen LogP contribution < -0.4 is 16.4 Å². The molecule has 0 aromatic carbocycles. The van der Waals surface area contributed by atoms with Crippen molar-refractivity contribution in [2.24, 2.45) is 5.73 Å². The molecule has 138 valence electrons. The summed E-state index contributed by atoms with van der Waals surface area (Å²) in [7, 11) is -2.15. The summed E-state index contributed by atoms with van der Waals surface area (Å²) in [5.74, 6) is -6.40. The number of aliphatic carboxylic acids is 2. The smallest absolute Gasteiger partial charge is 0.361 e. The normalized spacial score (nSPS) is 13.6. The molecule has 0 fully saturated rings. The van der Waals surface area contributed by atoms with Crippen LogP contribution in [0.3, 0.4) is 0 Å². The topological polar surface area (TPSA) is 194 Å². The van der Waals surface area contributed by atoms with Crippen molar-refractivity contribution in [2.75, 3.05) is 20.8 Å². The third-order valence-corrected chi connectivity index (χ3v) is 4.80. The van der Waals surface area contributed by atoms with Crippen LogP contribution in [-0.2, 0) is 32.8 Å². The molecular formula is C11H20N3O9P. The Balaban J connectivity index is 5.03. The van der Waals surface area contributed by atoms with E-state index in [4.69, 9.17) is 15.9 Å². The number of nitrogens with two attached hydrogens (primary N) is 1. The van der Waals surface area contributed by atoms with Crippen LogP contribution in [0.4, 0.5) is 0 Å². The summed E-state index contributed by atoms with van der Waals surface area (Å²) in [5, 5.41) is 21.2. The first-order valence-electron chi connectivity index (χ1n) is 6.55. The summed E-state index contributed by atoms with van der Waals surface area (Å²) in [6.45, 7) is -0.775. The van der Waals surface area contributed by atoms with Crippen molar-refractivity contribution in [1.82, 2.24) is 10.6 Å². The van der Waals surface area contributed by atoms with Gasteiger partial charge in [0.05, 0.1) is 0 Å². The Labute approximate surface area is 137 Å². The standard InChI is InChI=1S/C11H20N3O9P/c1-22-24(21,23-2)10(9(18)13-5-8(16)17)14-7(15)4-3-6(12)11(19)20/h6,10H,3-5,12H2,1-2H3,(H,13,18)(H,14,15)(H,16,17)(H,19,20)/t6-,10-/m0/s1. The Morgan fingerprint density at radius 3 is 2.12 bits per heavy atom. The maximum absolute atomic E-state index is 12.3. The number of nitrogens with one attached hydrogen (secondary N) is 2. The van der Waals surface area contributed by atoms with Crippen LogP contribution in [0.5, 0.6) is 0 Å². The van der Waals surface area contributed by atoms with Crippen molar-refractivity contribution in [3.63, 3.8) is 0 Å². The second kappa shape index (κ2) is 9.98. The first kappa shape index (κ1) is 22.0. The van der Waals surface area contributed by atoms with Crippen LogP contribution in [0.2, 0.25) is 0 Å². The van der Waals surface area contributed by atoms with E-state index in [1.54, 1.807) is 0 Å². The minimum Gasteiger partial charge on any atom is -0.480 e. The van der Waals surface area contributed by atoms with E-state index in [2.05, 4.69) is 14.4 Å². The van der Waals surface area contributed by atoms with Gasteiger partial charge in [-0.05, 0) is 6.42 Å². The van der Waals surface area contributed by atoms with Gasteiger partial charge >= 0.3 is 19.5 Å². The summed E-state index contributed by atoms with van der Waals surface area (Å²) in [6, 6.07) is -1.29. The lowest BCUT2D eigenvalue weighted by Crippen LogP contribution is -2.48. The molecule has 0 aromatic heterocycles. The van der Waals surface area contributed by atoms with Gasteiger partial charge in [0.25, 0.3) is 5.91 Å². The lowest BCUT2D eigenvalue weighted by Gasteiger charge is -2.24. The zero-order valence-corrected chi connectivity index (χ0v) is 13.9. The van der Waals surface area contributed by atoms with E-state index in [0.29, 0.717) is 0 Å². The highest BCUT2D eigenvalue weighted by Gasteiger charge is 2.41. The number of hydrogen-bond donors (Lipinski definition) is 5. The number of amides is 2. The quantitative estimate of drug-likeness (QED) is 0.262. The van der Waals surface area contributed by atoms with Crippen LogP contribution in [0.1, 0.15) is 12.8 Å². The predicted molar refractivity (Wildman–Crippen MR) is 79.0 cm³/mol. The number of carboxylic acid groups (broad SMARTS) is 2. The molecule has 0 saturated heterocycles. The Morgan fingerprint density at radius 1 is 1.17 bits per heavy atom. The second-order valence-corrected chi connectivity index (χ2v) is 6.80. The number of hydrogen-bond acceptors (Lipinski definition) is 8. The van der Waals surface area contributed by atoms with Crippen LogP contribution >= 0.6 is 7.60 Å². The molecule has 6 N–H and O–H groups in total. The van der Waals surface area contributed by atoms with Crippen molar-refractivity contribution in [3.05, 3.63) is 0 Å². The van der Waals surface area contributed by atoms with Gasteiger partial charge in [-0.25, -0.2) is 0 Å².